The zero-order valence-electron chi connectivity index (χ0n) is 16.8. The average Bonchev–Trinajstić information content (AvgIpc) is 2.78. The molecule has 0 saturated carbocycles. The van der Waals surface area contributed by atoms with E-state index in [-0.39, 0.29) is 24.8 Å². The van der Waals surface area contributed by atoms with Crippen LogP contribution in [-0.2, 0) is 15.0 Å². The molecule has 1 aliphatic heterocycles. The van der Waals surface area contributed by atoms with Crippen LogP contribution >= 0.6 is 0 Å². The van der Waals surface area contributed by atoms with Gasteiger partial charge in [-0.15, -0.1) is 0 Å². The van der Waals surface area contributed by atoms with Crippen molar-refractivity contribution in [1.29, 1.82) is 0 Å². The molecule has 31 heavy (non-hydrogen) atoms. The summed E-state index contributed by atoms with van der Waals surface area (Å²) in [5, 5.41) is 9.10. The number of amides is 1. The van der Waals surface area contributed by atoms with Crippen LogP contribution in [-0.4, -0.2) is 55.3 Å². The van der Waals surface area contributed by atoms with Gasteiger partial charge in [-0.2, -0.15) is 17.4 Å². The number of benzene rings is 2. The normalized spacial score (nSPS) is 16.5. The molecule has 0 spiro atoms. The van der Waals surface area contributed by atoms with Crippen LogP contribution in [0.15, 0.2) is 54.6 Å². The number of rotatable bonds is 9. The zero-order valence-corrected chi connectivity index (χ0v) is 17.6. The van der Waals surface area contributed by atoms with Crippen LogP contribution in [0.2, 0.25) is 0 Å². The second-order valence-corrected chi connectivity index (χ2v) is 8.94. The van der Waals surface area contributed by atoms with E-state index in [1.165, 1.54) is 0 Å². The second kappa shape index (κ2) is 10.0. The number of nitrogens with two attached hydrogens (primary N) is 1. The number of nitrogens with one attached hydrogen (secondary N) is 1. The van der Waals surface area contributed by atoms with Crippen molar-refractivity contribution in [2.75, 3.05) is 19.7 Å². The average molecular weight is 448 g/mol. The first-order valence-corrected chi connectivity index (χ1v) is 11.3. The van der Waals surface area contributed by atoms with Crippen LogP contribution in [0.1, 0.15) is 23.2 Å². The van der Waals surface area contributed by atoms with Crippen molar-refractivity contribution in [3.8, 4) is 11.5 Å². The van der Waals surface area contributed by atoms with E-state index in [0.717, 1.165) is 4.31 Å². The van der Waals surface area contributed by atoms with Gasteiger partial charge in [0.2, 0.25) is 5.91 Å². The summed E-state index contributed by atoms with van der Waals surface area (Å²) >= 11 is 0. The van der Waals surface area contributed by atoms with E-state index < -0.39 is 28.8 Å². The van der Waals surface area contributed by atoms with Crippen LogP contribution in [0.5, 0.6) is 11.5 Å². The van der Waals surface area contributed by atoms with E-state index in [4.69, 9.17) is 15.6 Å². The highest BCUT2D eigenvalue weighted by Crippen LogP contribution is 2.26. The molecule has 0 radical (unpaired) electrons. The quantitative estimate of drug-likeness (QED) is 0.491. The first-order valence-electron chi connectivity index (χ1n) is 9.85. The summed E-state index contributed by atoms with van der Waals surface area (Å²) < 4.78 is 33.7. The highest BCUT2D eigenvalue weighted by Gasteiger charge is 2.33. The molecule has 0 unspecified atom stereocenters. The van der Waals surface area contributed by atoms with Crippen LogP contribution in [0.4, 0.5) is 0 Å². The van der Waals surface area contributed by atoms with E-state index in [1.807, 2.05) is 30.3 Å². The summed E-state index contributed by atoms with van der Waals surface area (Å²) in [7, 11) is -3.99. The van der Waals surface area contributed by atoms with Gasteiger partial charge in [0.1, 0.15) is 17.5 Å². The number of ketones is 1. The molecule has 0 bridgehead atoms. The zero-order chi connectivity index (χ0) is 22.4. The van der Waals surface area contributed by atoms with Crippen molar-refractivity contribution in [3.05, 3.63) is 60.2 Å². The predicted octanol–water partition coefficient (Wildman–Crippen LogP) is 1.05. The molecule has 2 aromatic carbocycles. The summed E-state index contributed by atoms with van der Waals surface area (Å²) in [5.74, 6) is -0.0132. The standard InChI is InChI=1S/C21H25N3O6S/c22-21(27)19(14-25)23-31(28,29)24-12-10-16(11-13-24)20(26)15-6-8-18(9-7-15)30-17-4-2-1-3-5-17/h1-9,16,19,23,25H,10-14H2,(H2,22,27)/t19-/m1/s1. The minimum Gasteiger partial charge on any atom is -0.457 e. The van der Waals surface area contributed by atoms with Crippen LogP contribution in [0.25, 0.3) is 0 Å². The topological polar surface area (TPSA) is 139 Å². The number of hydrogen-bond acceptors (Lipinski definition) is 6. The first kappa shape index (κ1) is 22.9. The van der Waals surface area contributed by atoms with Crippen molar-refractivity contribution in [3.63, 3.8) is 0 Å². The molecule has 1 amide bonds. The van der Waals surface area contributed by atoms with Gasteiger partial charge in [0.15, 0.2) is 5.78 Å². The fourth-order valence-corrected chi connectivity index (χ4v) is 4.74. The van der Waals surface area contributed by atoms with Crippen molar-refractivity contribution in [2.45, 2.75) is 18.9 Å². The maximum Gasteiger partial charge on any atom is 0.280 e. The molecule has 9 nitrogen and oxygen atoms in total. The lowest BCUT2D eigenvalue weighted by atomic mass is 9.89. The molecule has 1 aliphatic rings. The molecular formula is C21H25N3O6S. The lowest BCUT2D eigenvalue weighted by Gasteiger charge is -2.31. The maximum atomic E-state index is 12.8. The third-order valence-electron chi connectivity index (χ3n) is 5.10. The Kier molecular flexibility index (Phi) is 7.39. The number of carbonyl (C=O) groups excluding carboxylic acids is 2. The van der Waals surface area contributed by atoms with Crippen LogP contribution in [0.3, 0.4) is 0 Å². The molecule has 4 N–H and O–H groups in total. The number of Topliss-reactive ketones (excluding diaryl/α,β-unsaturated/α-hetero) is 1. The summed E-state index contributed by atoms with van der Waals surface area (Å²) in [6, 6.07) is 14.8. The van der Waals surface area contributed by atoms with E-state index in [9.17, 15) is 18.0 Å². The molecule has 166 valence electrons. The molecule has 3 rings (SSSR count). The van der Waals surface area contributed by atoms with Gasteiger partial charge in [-0.1, -0.05) is 18.2 Å². The molecule has 0 aromatic heterocycles. The maximum absolute atomic E-state index is 12.8. The second-order valence-electron chi connectivity index (χ2n) is 7.24. The molecular weight excluding hydrogens is 422 g/mol. The number of ether oxygens (including phenoxy) is 1. The van der Waals surface area contributed by atoms with Gasteiger partial charge >= 0.3 is 0 Å². The SMILES string of the molecule is NC(=O)[C@@H](CO)NS(=O)(=O)N1CCC(C(=O)c2ccc(Oc3ccccc3)cc2)CC1. The molecule has 2 aromatic rings. The number of nitrogens with zero attached hydrogens (tertiary/aromatic N) is 1. The van der Waals surface area contributed by atoms with Crippen molar-refractivity contribution in [1.82, 2.24) is 9.03 Å². The van der Waals surface area contributed by atoms with Gasteiger partial charge in [0.05, 0.1) is 6.61 Å². The fourth-order valence-electron chi connectivity index (χ4n) is 3.35. The Morgan fingerprint density at radius 3 is 2.19 bits per heavy atom. The monoisotopic (exact) mass is 447 g/mol. The Balaban J connectivity index is 1.57. The van der Waals surface area contributed by atoms with Crippen molar-refractivity contribution in [2.24, 2.45) is 11.7 Å². The highest BCUT2D eigenvalue weighted by molar-refractivity contribution is 7.87. The third kappa shape index (κ3) is 5.88. The number of carbonyl (C=O) groups is 2. The number of hydrogen-bond donors (Lipinski definition) is 3. The minimum atomic E-state index is -3.99. The van der Waals surface area contributed by atoms with Crippen LogP contribution < -0.4 is 15.2 Å². The van der Waals surface area contributed by atoms with Gasteiger partial charge < -0.3 is 15.6 Å². The van der Waals surface area contributed by atoms with Gasteiger partial charge in [-0.25, -0.2) is 0 Å². The number of aliphatic hydroxyl groups excluding tert-OH is 1. The van der Waals surface area contributed by atoms with Gasteiger partial charge in [0, 0.05) is 24.6 Å². The Morgan fingerprint density at radius 2 is 1.65 bits per heavy atom. The van der Waals surface area contributed by atoms with E-state index in [2.05, 4.69) is 4.72 Å². The summed E-state index contributed by atoms with van der Waals surface area (Å²) in [6.45, 7) is -0.483. The number of aliphatic hydroxyl groups is 1. The van der Waals surface area contributed by atoms with E-state index >= 15 is 0 Å². The molecule has 10 heteroatoms. The summed E-state index contributed by atoms with van der Waals surface area (Å²) in [4.78, 5) is 24.0. The number of piperidine rings is 1. The Bertz CT molecular complexity index is 1000. The number of para-hydroxylation sites is 1. The third-order valence-corrected chi connectivity index (χ3v) is 6.73. The van der Waals surface area contributed by atoms with Crippen molar-refractivity contribution >= 4 is 21.9 Å². The van der Waals surface area contributed by atoms with Crippen molar-refractivity contribution < 1.29 is 27.9 Å². The smallest absolute Gasteiger partial charge is 0.280 e. The number of primary amides is 1. The Hall–Kier alpha value is -2.79. The lowest BCUT2D eigenvalue weighted by Crippen LogP contribution is -2.53. The Morgan fingerprint density at radius 1 is 1.06 bits per heavy atom. The van der Waals surface area contributed by atoms with Gasteiger partial charge in [-0.3, -0.25) is 9.59 Å². The predicted molar refractivity (Wildman–Crippen MR) is 114 cm³/mol. The molecule has 1 heterocycles. The fraction of sp³-hybridized carbons (Fsp3) is 0.333. The Labute approximate surface area is 181 Å². The highest BCUT2D eigenvalue weighted by atomic mass is 32.2. The van der Waals surface area contributed by atoms with Gasteiger partial charge in [-0.05, 0) is 49.2 Å². The molecule has 1 fully saturated rings. The molecule has 0 aliphatic carbocycles. The lowest BCUT2D eigenvalue weighted by molar-refractivity contribution is -0.120. The van der Waals surface area contributed by atoms with E-state index in [0.29, 0.717) is 29.9 Å². The molecule has 1 atom stereocenters. The van der Waals surface area contributed by atoms with Gasteiger partial charge in [0.25, 0.3) is 10.2 Å². The van der Waals surface area contributed by atoms with E-state index in [1.54, 1.807) is 24.3 Å². The first-order chi connectivity index (χ1) is 14.8. The summed E-state index contributed by atoms with van der Waals surface area (Å²) in [5.41, 5.74) is 5.60. The summed E-state index contributed by atoms with van der Waals surface area (Å²) in [6.07, 6.45) is 0.699. The largest absolute Gasteiger partial charge is 0.457 e. The van der Waals surface area contributed by atoms with Crippen LogP contribution in [0, 0.1) is 5.92 Å². The minimum absolute atomic E-state index is 0.0540. The molecule has 1 saturated heterocycles.